The molecule has 0 N–H and O–H groups in total. The van der Waals surface area contributed by atoms with Crippen molar-refractivity contribution in [1.29, 1.82) is 0 Å². The lowest BCUT2D eigenvalue weighted by atomic mass is 10.1. The number of benzene rings is 1. The van der Waals surface area contributed by atoms with Crippen LogP contribution >= 0.6 is 15.9 Å². The van der Waals surface area contributed by atoms with Gasteiger partial charge in [-0.05, 0) is 34.0 Å². The molecule has 0 spiro atoms. The zero-order chi connectivity index (χ0) is 11.5. The van der Waals surface area contributed by atoms with E-state index in [1.807, 2.05) is 16.8 Å². The molecule has 0 bridgehead atoms. The van der Waals surface area contributed by atoms with E-state index in [1.54, 1.807) is 13.3 Å². The van der Waals surface area contributed by atoms with Crippen LogP contribution in [0, 0.1) is 6.92 Å². The zero-order valence-corrected chi connectivity index (χ0v) is 10.9. The molecule has 0 aliphatic heterocycles. The van der Waals surface area contributed by atoms with Crippen molar-refractivity contribution in [1.82, 2.24) is 9.78 Å². The quantitative estimate of drug-likeness (QED) is 0.864. The average molecular weight is 281 g/mol. The van der Waals surface area contributed by atoms with Crippen LogP contribution in [0.3, 0.4) is 0 Å². The first-order chi connectivity index (χ1) is 7.72. The van der Waals surface area contributed by atoms with Crippen LogP contribution in [0.2, 0.25) is 0 Å². The second kappa shape index (κ2) is 4.70. The number of hydrogen-bond donors (Lipinski definition) is 0. The monoisotopic (exact) mass is 280 g/mol. The first kappa shape index (κ1) is 11.2. The molecule has 0 aliphatic carbocycles. The van der Waals surface area contributed by atoms with Crippen molar-refractivity contribution in [3.63, 3.8) is 0 Å². The van der Waals surface area contributed by atoms with E-state index in [2.05, 4.69) is 40.1 Å². The molecular weight excluding hydrogens is 268 g/mol. The standard InChI is InChI=1S/C12H13BrN2O/c1-9-5-3-4-6-10(9)8-15-12(13)11(16-2)7-14-15/h3-7H,8H2,1-2H3. The van der Waals surface area contributed by atoms with Gasteiger partial charge in [-0.25, -0.2) is 0 Å². The minimum absolute atomic E-state index is 0.747. The molecule has 3 nitrogen and oxygen atoms in total. The molecule has 0 saturated carbocycles. The summed E-state index contributed by atoms with van der Waals surface area (Å²) in [4.78, 5) is 0. The maximum atomic E-state index is 5.16. The summed E-state index contributed by atoms with van der Waals surface area (Å²) in [5.41, 5.74) is 2.53. The van der Waals surface area contributed by atoms with Crippen LogP contribution in [0.4, 0.5) is 0 Å². The Labute approximate surface area is 103 Å². The van der Waals surface area contributed by atoms with Gasteiger partial charge in [-0.15, -0.1) is 0 Å². The fraction of sp³-hybridized carbons (Fsp3) is 0.250. The van der Waals surface area contributed by atoms with E-state index in [1.165, 1.54) is 11.1 Å². The van der Waals surface area contributed by atoms with Gasteiger partial charge in [0.15, 0.2) is 5.75 Å². The normalized spacial score (nSPS) is 10.4. The lowest BCUT2D eigenvalue weighted by Gasteiger charge is -2.06. The predicted octanol–water partition coefficient (Wildman–Crippen LogP) is 3.01. The van der Waals surface area contributed by atoms with Gasteiger partial charge in [-0.2, -0.15) is 5.10 Å². The third-order valence-electron chi connectivity index (χ3n) is 2.55. The lowest BCUT2D eigenvalue weighted by molar-refractivity contribution is 0.411. The summed E-state index contributed by atoms with van der Waals surface area (Å²) < 4.78 is 7.91. The Morgan fingerprint density at radius 1 is 1.38 bits per heavy atom. The highest BCUT2D eigenvalue weighted by atomic mass is 79.9. The van der Waals surface area contributed by atoms with Crippen molar-refractivity contribution in [3.05, 3.63) is 46.2 Å². The van der Waals surface area contributed by atoms with Gasteiger partial charge >= 0.3 is 0 Å². The molecule has 1 heterocycles. The summed E-state index contributed by atoms with van der Waals surface area (Å²) in [6, 6.07) is 8.29. The van der Waals surface area contributed by atoms with Crippen molar-refractivity contribution in [3.8, 4) is 5.75 Å². The Kier molecular flexibility index (Phi) is 3.29. The van der Waals surface area contributed by atoms with Crippen LogP contribution < -0.4 is 4.74 Å². The smallest absolute Gasteiger partial charge is 0.171 e. The third-order valence-corrected chi connectivity index (χ3v) is 3.35. The minimum Gasteiger partial charge on any atom is -0.492 e. The molecule has 2 aromatic rings. The highest BCUT2D eigenvalue weighted by Gasteiger charge is 2.08. The molecule has 16 heavy (non-hydrogen) atoms. The third kappa shape index (κ3) is 2.11. The fourth-order valence-electron chi connectivity index (χ4n) is 1.55. The van der Waals surface area contributed by atoms with E-state index in [0.717, 1.165) is 16.9 Å². The molecule has 2 rings (SSSR count). The van der Waals surface area contributed by atoms with Gasteiger partial charge in [0.1, 0.15) is 4.60 Å². The predicted molar refractivity (Wildman–Crippen MR) is 66.8 cm³/mol. The number of halogens is 1. The van der Waals surface area contributed by atoms with Gasteiger partial charge in [0.05, 0.1) is 19.9 Å². The molecule has 0 atom stereocenters. The summed E-state index contributed by atoms with van der Waals surface area (Å²) in [6.07, 6.45) is 1.71. The second-order valence-corrected chi connectivity index (χ2v) is 4.34. The molecule has 0 aliphatic rings. The van der Waals surface area contributed by atoms with Crippen LogP contribution in [0.5, 0.6) is 5.75 Å². The number of aromatic nitrogens is 2. The summed E-state index contributed by atoms with van der Waals surface area (Å²) in [5.74, 6) is 0.758. The summed E-state index contributed by atoms with van der Waals surface area (Å²) in [5, 5.41) is 4.27. The number of nitrogens with zero attached hydrogens (tertiary/aromatic N) is 2. The number of ether oxygens (including phenoxy) is 1. The van der Waals surface area contributed by atoms with Crippen LogP contribution in [0.1, 0.15) is 11.1 Å². The lowest BCUT2D eigenvalue weighted by Crippen LogP contribution is -2.03. The van der Waals surface area contributed by atoms with E-state index in [9.17, 15) is 0 Å². The van der Waals surface area contributed by atoms with Crippen molar-refractivity contribution in [2.24, 2.45) is 0 Å². The fourth-order valence-corrected chi connectivity index (χ4v) is 2.03. The number of aryl methyl sites for hydroxylation is 1. The van der Waals surface area contributed by atoms with Crippen molar-refractivity contribution >= 4 is 15.9 Å². The molecule has 0 amide bonds. The van der Waals surface area contributed by atoms with Crippen LogP contribution in [0.15, 0.2) is 35.1 Å². The Morgan fingerprint density at radius 2 is 2.12 bits per heavy atom. The second-order valence-electron chi connectivity index (χ2n) is 3.59. The number of methoxy groups -OCH3 is 1. The van der Waals surface area contributed by atoms with Crippen molar-refractivity contribution < 1.29 is 4.74 Å². The Balaban J connectivity index is 2.27. The maximum absolute atomic E-state index is 5.16. The SMILES string of the molecule is COc1cnn(Cc2ccccc2C)c1Br. The molecular formula is C12H13BrN2O. The molecule has 0 radical (unpaired) electrons. The van der Waals surface area contributed by atoms with Crippen molar-refractivity contribution in [2.75, 3.05) is 7.11 Å². The van der Waals surface area contributed by atoms with Gasteiger partial charge in [-0.3, -0.25) is 4.68 Å². The zero-order valence-electron chi connectivity index (χ0n) is 9.27. The maximum Gasteiger partial charge on any atom is 0.171 e. The summed E-state index contributed by atoms with van der Waals surface area (Å²) in [7, 11) is 1.64. The molecule has 0 unspecified atom stereocenters. The molecule has 1 aromatic heterocycles. The summed E-state index contributed by atoms with van der Waals surface area (Å²) >= 11 is 3.47. The molecule has 0 fully saturated rings. The highest BCUT2D eigenvalue weighted by Crippen LogP contribution is 2.24. The van der Waals surface area contributed by atoms with E-state index in [-0.39, 0.29) is 0 Å². The first-order valence-electron chi connectivity index (χ1n) is 5.02. The molecule has 84 valence electrons. The first-order valence-corrected chi connectivity index (χ1v) is 5.81. The van der Waals surface area contributed by atoms with E-state index >= 15 is 0 Å². The van der Waals surface area contributed by atoms with E-state index < -0.39 is 0 Å². The number of rotatable bonds is 3. The Morgan fingerprint density at radius 3 is 2.75 bits per heavy atom. The van der Waals surface area contributed by atoms with Gasteiger partial charge in [-0.1, -0.05) is 24.3 Å². The number of hydrogen-bond acceptors (Lipinski definition) is 2. The Hall–Kier alpha value is -1.29. The topological polar surface area (TPSA) is 27.1 Å². The van der Waals surface area contributed by atoms with Gasteiger partial charge in [0, 0.05) is 0 Å². The van der Waals surface area contributed by atoms with Gasteiger partial charge in [0.25, 0.3) is 0 Å². The van der Waals surface area contributed by atoms with Crippen LogP contribution in [-0.2, 0) is 6.54 Å². The minimum atomic E-state index is 0.747. The summed E-state index contributed by atoms with van der Waals surface area (Å²) in [6.45, 7) is 2.85. The van der Waals surface area contributed by atoms with Gasteiger partial charge < -0.3 is 4.74 Å². The molecule has 1 aromatic carbocycles. The van der Waals surface area contributed by atoms with Crippen LogP contribution in [0.25, 0.3) is 0 Å². The van der Waals surface area contributed by atoms with E-state index in [4.69, 9.17) is 4.74 Å². The highest BCUT2D eigenvalue weighted by molar-refractivity contribution is 9.10. The molecule has 4 heteroatoms. The van der Waals surface area contributed by atoms with E-state index in [0.29, 0.717) is 0 Å². The van der Waals surface area contributed by atoms with Crippen LogP contribution in [-0.4, -0.2) is 16.9 Å². The van der Waals surface area contributed by atoms with Gasteiger partial charge in [0.2, 0.25) is 0 Å². The molecule has 0 saturated heterocycles. The average Bonchev–Trinajstić information content (AvgIpc) is 2.63. The van der Waals surface area contributed by atoms with Crippen molar-refractivity contribution in [2.45, 2.75) is 13.5 Å². The largest absolute Gasteiger partial charge is 0.492 e. The Bertz CT molecular complexity index is 494.